The maximum atomic E-state index is 5.31. The van der Waals surface area contributed by atoms with Crippen LogP contribution in [0.2, 0.25) is 0 Å². The molecule has 5 nitrogen and oxygen atoms in total. The van der Waals surface area contributed by atoms with Crippen molar-refractivity contribution in [3.8, 4) is 17.1 Å². The fourth-order valence-corrected chi connectivity index (χ4v) is 2.09. The van der Waals surface area contributed by atoms with E-state index >= 15 is 0 Å². The molecule has 1 unspecified atom stereocenters. The van der Waals surface area contributed by atoms with Crippen LogP contribution in [0.15, 0.2) is 28.8 Å². The van der Waals surface area contributed by atoms with Gasteiger partial charge >= 0.3 is 0 Å². The van der Waals surface area contributed by atoms with Gasteiger partial charge < -0.3 is 14.6 Å². The number of ether oxygens (including phenoxy) is 1. The Labute approximate surface area is 119 Å². The van der Waals surface area contributed by atoms with Gasteiger partial charge in [0.2, 0.25) is 11.7 Å². The smallest absolute Gasteiger partial charge is 0.227 e. The van der Waals surface area contributed by atoms with Gasteiger partial charge in [0.1, 0.15) is 5.75 Å². The quantitative estimate of drug-likeness (QED) is 0.841. The minimum atomic E-state index is 0.446. The summed E-state index contributed by atoms with van der Waals surface area (Å²) in [6.07, 6.45) is 1.75. The minimum Gasteiger partial charge on any atom is -0.496 e. The number of aromatic nitrogens is 2. The largest absolute Gasteiger partial charge is 0.496 e. The topological polar surface area (TPSA) is 60.2 Å². The van der Waals surface area contributed by atoms with Crippen LogP contribution in [0, 0.1) is 0 Å². The lowest BCUT2D eigenvalue weighted by atomic mass is 10.2. The predicted octanol–water partition coefficient (Wildman–Crippen LogP) is 2.68. The summed E-state index contributed by atoms with van der Waals surface area (Å²) in [5, 5.41) is 7.40. The normalized spacial score (nSPS) is 12.3. The second-order valence-electron chi connectivity index (χ2n) is 4.71. The van der Waals surface area contributed by atoms with Crippen LogP contribution in [0.5, 0.6) is 5.75 Å². The highest BCUT2D eigenvalue weighted by molar-refractivity contribution is 5.63. The average Bonchev–Trinajstić information content (AvgIpc) is 2.94. The first-order chi connectivity index (χ1) is 9.74. The van der Waals surface area contributed by atoms with Crippen molar-refractivity contribution < 1.29 is 9.26 Å². The number of benzene rings is 1. The molecule has 0 aliphatic heterocycles. The van der Waals surface area contributed by atoms with Gasteiger partial charge in [-0.25, -0.2) is 0 Å². The SMILES string of the molecule is CCNC(C)CCc1nc(-c2ccccc2OC)no1. The third kappa shape index (κ3) is 3.57. The zero-order chi connectivity index (χ0) is 14.4. The molecule has 0 aliphatic carbocycles. The molecule has 108 valence electrons. The fourth-order valence-electron chi connectivity index (χ4n) is 2.09. The van der Waals surface area contributed by atoms with E-state index in [9.17, 15) is 0 Å². The lowest BCUT2D eigenvalue weighted by Crippen LogP contribution is -2.25. The Kier molecular flexibility index (Phi) is 5.12. The summed E-state index contributed by atoms with van der Waals surface area (Å²) in [6.45, 7) is 5.22. The van der Waals surface area contributed by atoms with Gasteiger partial charge in [0.15, 0.2) is 0 Å². The number of hydrogen-bond donors (Lipinski definition) is 1. The van der Waals surface area contributed by atoms with Crippen molar-refractivity contribution in [3.63, 3.8) is 0 Å². The molecule has 2 aromatic rings. The number of para-hydroxylation sites is 1. The van der Waals surface area contributed by atoms with Gasteiger partial charge in [0.25, 0.3) is 0 Å². The first-order valence-electron chi connectivity index (χ1n) is 6.94. The van der Waals surface area contributed by atoms with Crippen LogP contribution in [-0.4, -0.2) is 29.8 Å². The third-order valence-electron chi connectivity index (χ3n) is 3.16. The molecule has 0 amide bonds. The Morgan fingerprint density at radius 2 is 2.15 bits per heavy atom. The summed E-state index contributed by atoms with van der Waals surface area (Å²) in [4.78, 5) is 4.44. The highest BCUT2D eigenvalue weighted by atomic mass is 16.5. The van der Waals surface area contributed by atoms with Crippen molar-refractivity contribution >= 4 is 0 Å². The molecule has 2 rings (SSSR count). The Morgan fingerprint density at radius 3 is 2.90 bits per heavy atom. The molecule has 0 saturated heterocycles. The van der Waals surface area contributed by atoms with Crippen LogP contribution in [-0.2, 0) is 6.42 Å². The summed E-state index contributed by atoms with van der Waals surface area (Å²) in [7, 11) is 1.64. The van der Waals surface area contributed by atoms with Gasteiger partial charge in [-0.3, -0.25) is 0 Å². The van der Waals surface area contributed by atoms with Gasteiger partial charge in [0.05, 0.1) is 12.7 Å². The molecule has 0 radical (unpaired) electrons. The summed E-state index contributed by atoms with van der Waals surface area (Å²) in [6, 6.07) is 8.11. The molecule has 5 heteroatoms. The standard InChI is InChI=1S/C15H21N3O2/c1-4-16-11(2)9-10-14-17-15(18-20-14)12-7-5-6-8-13(12)19-3/h5-8,11,16H,4,9-10H2,1-3H3. The van der Waals surface area contributed by atoms with E-state index in [2.05, 4.69) is 29.3 Å². The maximum absolute atomic E-state index is 5.31. The number of nitrogens with zero attached hydrogens (tertiary/aromatic N) is 2. The molecule has 0 fully saturated rings. The van der Waals surface area contributed by atoms with Crippen molar-refractivity contribution in [1.29, 1.82) is 0 Å². The first-order valence-corrected chi connectivity index (χ1v) is 6.94. The van der Waals surface area contributed by atoms with Crippen LogP contribution >= 0.6 is 0 Å². The molecule has 20 heavy (non-hydrogen) atoms. The maximum Gasteiger partial charge on any atom is 0.227 e. The first kappa shape index (κ1) is 14.5. The third-order valence-corrected chi connectivity index (χ3v) is 3.16. The average molecular weight is 275 g/mol. The Hall–Kier alpha value is -1.88. The monoisotopic (exact) mass is 275 g/mol. The highest BCUT2D eigenvalue weighted by Crippen LogP contribution is 2.27. The highest BCUT2D eigenvalue weighted by Gasteiger charge is 2.13. The number of methoxy groups -OCH3 is 1. The summed E-state index contributed by atoms with van der Waals surface area (Å²) in [5.74, 6) is 1.99. The van der Waals surface area contributed by atoms with Crippen LogP contribution in [0.4, 0.5) is 0 Å². The molecule has 1 aromatic carbocycles. The molecule has 0 spiro atoms. The molecule has 0 bridgehead atoms. The number of rotatable bonds is 7. The van der Waals surface area contributed by atoms with Gasteiger partial charge in [-0.05, 0) is 32.0 Å². The van der Waals surface area contributed by atoms with Crippen LogP contribution < -0.4 is 10.1 Å². The molecule has 1 heterocycles. The van der Waals surface area contributed by atoms with E-state index in [0.29, 0.717) is 17.8 Å². The zero-order valence-corrected chi connectivity index (χ0v) is 12.2. The van der Waals surface area contributed by atoms with Crippen molar-refractivity contribution in [2.75, 3.05) is 13.7 Å². The zero-order valence-electron chi connectivity index (χ0n) is 12.2. The van der Waals surface area contributed by atoms with Crippen molar-refractivity contribution in [1.82, 2.24) is 15.5 Å². The lowest BCUT2D eigenvalue weighted by molar-refractivity contribution is 0.367. The molecular formula is C15H21N3O2. The van der Waals surface area contributed by atoms with Crippen LogP contribution in [0.25, 0.3) is 11.4 Å². The molecule has 0 saturated carbocycles. The molecule has 1 atom stereocenters. The van der Waals surface area contributed by atoms with Gasteiger partial charge in [-0.1, -0.05) is 24.2 Å². The van der Waals surface area contributed by atoms with E-state index < -0.39 is 0 Å². The minimum absolute atomic E-state index is 0.446. The molecule has 1 N–H and O–H groups in total. The van der Waals surface area contributed by atoms with Gasteiger partial charge in [-0.15, -0.1) is 0 Å². The number of hydrogen-bond acceptors (Lipinski definition) is 5. The van der Waals surface area contributed by atoms with E-state index in [0.717, 1.165) is 30.7 Å². The van der Waals surface area contributed by atoms with Gasteiger partial charge in [-0.2, -0.15) is 4.98 Å². The van der Waals surface area contributed by atoms with E-state index in [1.807, 2.05) is 24.3 Å². The van der Waals surface area contributed by atoms with Crippen LogP contribution in [0.1, 0.15) is 26.2 Å². The fraction of sp³-hybridized carbons (Fsp3) is 0.467. The summed E-state index contributed by atoms with van der Waals surface area (Å²) in [5.41, 5.74) is 0.852. The van der Waals surface area contributed by atoms with Crippen LogP contribution in [0.3, 0.4) is 0 Å². The van der Waals surface area contributed by atoms with Crippen molar-refractivity contribution in [2.24, 2.45) is 0 Å². The van der Waals surface area contributed by atoms with E-state index in [1.165, 1.54) is 0 Å². The second-order valence-corrected chi connectivity index (χ2v) is 4.71. The predicted molar refractivity (Wildman–Crippen MR) is 77.7 cm³/mol. The Morgan fingerprint density at radius 1 is 1.35 bits per heavy atom. The van der Waals surface area contributed by atoms with Gasteiger partial charge in [0, 0.05) is 12.5 Å². The molecule has 1 aromatic heterocycles. The lowest BCUT2D eigenvalue weighted by Gasteiger charge is -2.09. The van der Waals surface area contributed by atoms with E-state index in [4.69, 9.17) is 9.26 Å². The van der Waals surface area contributed by atoms with Crippen molar-refractivity contribution in [3.05, 3.63) is 30.2 Å². The Bertz CT molecular complexity index is 539. The second kappa shape index (κ2) is 7.05. The van der Waals surface area contributed by atoms with Crippen molar-refractivity contribution in [2.45, 2.75) is 32.7 Å². The van der Waals surface area contributed by atoms with E-state index in [-0.39, 0.29) is 0 Å². The van der Waals surface area contributed by atoms with E-state index in [1.54, 1.807) is 7.11 Å². The Balaban J connectivity index is 2.05. The summed E-state index contributed by atoms with van der Waals surface area (Å²) < 4.78 is 10.6. The number of nitrogens with one attached hydrogen (secondary N) is 1. The number of aryl methyl sites for hydroxylation is 1. The molecule has 0 aliphatic rings. The summed E-state index contributed by atoms with van der Waals surface area (Å²) >= 11 is 0. The molecular weight excluding hydrogens is 254 g/mol.